The van der Waals surface area contributed by atoms with Gasteiger partial charge in [-0.15, -0.1) is 0 Å². The van der Waals surface area contributed by atoms with E-state index in [2.05, 4.69) is 0 Å². The number of hydrogen-bond donors (Lipinski definition) is 1. The second-order valence-electron chi connectivity index (χ2n) is 7.50. The fourth-order valence-electron chi connectivity index (χ4n) is 3.40. The van der Waals surface area contributed by atoms with Gasteiger partial charge in [0.15, 0.2) is 11.5 Å². The van der Waals surface area contributed by atoms with Gasteiger partial charge in [-0.05, 0) is 42.5 Å². The highest BCUT2D eigenvalue weighted by molar-refractivity contribution is 6.03. The Morgan fingerprint density at radius 3 is 2.31 bits per heavy atom. The minimum atomic E-state index is -0.720. The predicted octanol–water partition coefficient (Wildman–Crippen LogP) is 2.59. The van der Waals surface area contributed by atoms with E-state index in [1.165, 1.54) is 37.0 Å². The lowest BCUT2D eigenvalue weighted by molar-refractivity contribution is -0.120. The molecule has 35 heavy (non-hydrogen) atoms. The number of carbonyl (C=O) groups excluding carboxylic acids is 3. The Balaban J connectivity index is 1.88. The number of hydrogen-bond acceptors (Lipinski definition) is 9. The standard InChI is InChI=1S/C25H26N2O8/c1-4-17(28)14-35-22-12-15-11-16(26)5-8-21(15)27(23(22)29)9-10-34-18-6-7-19(24(30)32-2)20(13-18)25(31)33-3/h5-8,11-13H,4,9-10,14,26H2,1-3H3. The number of methoxy groups -OCH3 is 2. The van der Waals surface area contributed by atoms with Gasteiger partial charge in [-0.3, -0.25) is 9.59 Å². The van der Waals surface area contributed by atoms with Crippen LogP contribution in [0.25, 0.3) is 10.9 Å². The summed E-state index contributed by atoms with van der Waals surface area (Å²) in [5, 5.41) is 0.666. The lowest BCUT2D eigenvalue weighted by Crippen LogP contribution is -2.26. The molecule has 0 atom stereocenters. The summed E-state index contributed by atoms with van der Waals surface area (Å²) in [5.41, 5.74) is 6.62. The first-order chi connectivity index (χ1) is 16.8. The van der Waals surface area contributed by atoms with E-state index < -0.39 is 17.5 Å². The van der Waals surface area contributed by atoms with Crippen molar-refractivity contribution in [3.63, 3.8) is 0 Å². The maximum atomic E-state index is 13.1. The zero-order valence-corrected chi connectivity index (χ0v) is 19.7. The second kappa shape index (κ2) is 11.2. The third kappa shape index (κ3) is 5.78. The van der Waals surface area contributed by atoms with Crippen LogP contribution in [0.3, 0.4) is 0 Å². The molecule has 1 heterocycles. The molecule has 2 aromatic carbocycles. The molecule has 0 unspecified atom stereocenters. The van der Waals surface area contributed by atoms with Crippen molar-refractivity contribution in [1.82, 2.24) is 4.57 Å². The lowest BCUT2D eigenvalue weighted by atomic mass is 10.1. The molecule has 0 aliphatic rings. The number of anilines is 1. The van der Waals surface area contributed by atoms with Gasteiger partial charge in [-0.25, -0.2) is 9.59 Å². The molecule has 0 fully saturated rings. The van der Waals surface area contributed by atoms with Crippen molar-refractivity contribution in [1.29, 1.82) is 0 Å². The number of aromatic nitrogens is 1. The van der Waals surface area contributed by atoms with Crippen LogP contribution in [0.4, 0.5) is 5.69 Å². The molecular formula is C25H26N2O8. The topological polar surface area (TPSA) is 136 Å². The molecular weight excluding hydrogens is 456 g/mol. The van der Waals surface area contributed by atoms with Crippen molar-refractivity contribution in [3.8, 4) is 11.5 Å². The molecule has 3 aromatic rings. The number of fused-ring (bicyclic) bond motifs is 1. The van der Waals surface area contributed by atoms with Gasteiger partial charge in [0.1, 0.15) is 19.0 Å². The first-order valence-electron chi connectivity index (χ1n) is 10.8. The summed E-state index contributed by atoms with van der Waals surface area (Å²) in [6.45, 7) is 1.68. The molecule has 1 aromatic heterocycles. The van der Waals surface area contributed by atoms with Crippen LogP contribution in [-0.2, 0) is 20.8 Å². The maximum absolute atomic E-state index is 13.1. The van der Waals surface area contributed by atoms with Gasteiger partial charge < -0.3 is 29.2 Å². The van der Waals surface area contributed by atoms with Crippen LogP contribution in [0.15, 0.2) is 47.3 Å². The summed E-state index contributed by atoms with van der Waals surface area (Å²) in [4.78, 5) is 48.8. The van der Waals surface area contributed by atoms with Gasteiger partial charge in [0.2, 0.25) is 0 Å². The fourth-order valence-corrected chi connectivity index (χ4v) is 3.40. The summed E-state index contributed by atoms with van der Waals surface area (Å²) in [5.74, 6) is -1.22. The van der Waals surface area contributed by atoms with Gasteiger partial charge in [0, 0.05) is 17.5 Å². The number of carbonyl (C=O) groups is 3. The first kappa shape index (κ1) is 25.3. The Morgan fingerprint density at radius 2 is 1.63 bits per heavy atom. The van der Waals surface area contributed by atoms with Crippen molar-refractivity contribution < 1.29 is 33.3 Å². The molecule has 0 saturated carbocycles. The van der Waals surface area contributed by atoms with E-state index in [9.17, 15) is 19.2 Å². The molecule has 0 aliphatic carbocycles. The lowest BCUT2D eigenvalue weighted by Gasteiger charge is -2.15. The van der Waals surface area contributed by atoms with E-state index in [-0.39, 0.29) is 42.4 Å². The minimum Gasteiger partial charge on any atom is -0.492 e. The number of nitrogens with zero attached hydrogens (tertiary/aromatic N) is 1. The Bertz CT molecular complexity index is 1330. The van der Waals surface area contributed by atoms with E-state index in [0.29, 0.717) is 28.8 Å². The van der Waals surface area contributed by atoms with E-state index >= 15 is 0 Å². The highest BCUT2D eigenvalue weighted by Crippen LogP contribution is 2.22. The third-order valence-corrected chi connectivity index (χ3v) is 5.25. The fraction of sp³-hybridized carbons (Fsp3) is 0.280. The Labute approximate surface area is 201 Å². The zero-order valence-electron chi connectivity index (χ0n) is 19.7. The van der Waals surface area contributed by atoms with Crippen LogP contribution in [-0.4, -0.2) is 49.7 Å². The number of nitrogen functional groups attached to an aromatic ring is 1. The first-order valence-corrected chi connectivity index (χ1v) is 10.8. The largest absolute Gasteiger partial charge is 0.492 e. The Hall–Kier alpha value is -4.34. The van der Waals surface area contributed by atoms with Gasteiger partial charge in [-0.2, -0.15) is 0 Å². The average Bonchev–Trinajstić information content (AvgIpc) is 2.87. The van der Waals surface area contributed by atoms with Gasteiger partial charge in [-0.1, -0.05) is 6.92 Å². The number of ether oxygens (including phenoxy) is 4. The van der Waals surface area contributed by atoms with Gasteiger partial charge in [0.05, 0.1) is 37.4 Å². The summed E-state index contributed by atoms with van der Waals surface area (Å²) < 4.78 is 22.1. The Morgan fingerprint density at radius 1 is 0.914 bits per heavy atom. The normalized spacial score (nSPS) is 10.6. The molecule has 10 heteroatoms. The molecule has 184 valence electrons. The van der Waals surface area contributed by atoms with Crippen LogP contribution in [0.5, 0.6) is 11.5 Å². The number of rotatable bonds is 10. The smallest absolute Gasteiger partial charge is 0.338 e. The third-order valence-electron chi connectivity index (χ3n) is 5.25. The molecule has 10 nitrogen and oxygen atoms in total. The quantitative estimate of drug-likeness (QED) is 0.341. The van der Waals surface area contributed by atoms with Crippen LogP contribution in [0.2, 0.25) is 0 Å². The van der Waals surface area contributed by atoms with E-state index in [1.807, 2.05) is 0 Å². The summed E-state index contributed by atoms with van der Waals surface area (Å²) >= 11 is 0. The molecule has 0 aliphatic heterocycles. The summed E-state index contributed by atoms with van der Waals surface area (Å²) in [6.07, 6.45) is 0.297. The molecule has 3 rings (SSSR count). The molecule has 0 saturated heterocycles. The SMILES string of the molecule is CCC(=O)COc1cc2cc(N)ccc2n(CCOc2ccc(C(=O)OC)c(C(=O)OC)c2)c1=O. The maximum Gasteiger partial charge on any atom is 0.338 e. The predicted molar refractivity (Wildman–Crippen MR) is 128 cm³/mol. The summed E-state index contributed by atoms with van der Waals surface area (Å²) in [6, 6.07) is 10.9. The number of benzene rings is 2. The molecule has 0 spiro atoms. The van der Waals surface area contributed by atoms with Crippen molar-refractivity contribution in [3.05, 3.63) is 63.9 Å². The number of ketones is 1. The molecule has 2 N–H and O–H groups in total. The van der Waals surface area contributed by atoms with Gasteiger partial charge >= 0.3 is 11.9 Å². The van der Waals surface area contributed by atoms with Crippen LogP contribution in [0, 0.1) is 0 Å². The summed E-state index contributed by atoms with van der Waals surface area (Å²) in [7, 11) is 2.41. The van der Waals surface area contributed by atoms with E-state index in [0.717, 1.165) is 0 Å². The van der Waals surface area contributed by atoms with Gasteiger partial charge in [0.25, 0.3) is 5.56 Å². The highest BCUT2D eigenvalue weighted by Gasteiger charge is 2.19. The van der Waals surface area contributed by atoms with Crippen molar-refractivity contribution in [2.45, 2.75) is 19.9 Å². The van der Waals surface area contributed by atoms with Crippen LogP contribution >= 0.6 is 0 Å². The number of esters is 2. The number of Topliss-reactive ketones (excluding diaryl/α,β-unsaturated/α-hetero) is 1. The minimum absolute atomic E-state index is 0.00840. The number of nitrogens with two attached hydrogens (primary N) is 1. The average molecular weight is 482 g/mol. The zero-order chi connectivity index (χ0) is 25.5. The molecule has 0 bridgehead atoms. The Kier molecular flexibility index (Phi) is 8.08. The van der Waals surface area contributed by atoms with E-state index in [4.69, 9.17) is 24.7 Å². The van der Waals surface area contributed by atoms with Crippen molar-refractivity contribution >= 4 is 34.3 Å². The molecule has 0 radical (unpaired) electrons. The number of pyridine rings is 1. The van der Waals surface area contributed by atoms with Crippen LogP contribution in [0.1, 0.15) is 34.1 Å². The highest BCUT2D eigenvalue weighted by atomic mass is 16.5. The van der Waals surface area contributed by atoms with Crippen molar-refractivity contribution in [2.24, 2.45) is 0 Å². The second-order valence-corrected chi connectivity index (χ2v) is 7.50. The van der Waals surface area contributed by atoms with E-state index in [1.54, 1.807) is 31.2 Å². The van der Waals surface area contributed by atoms with Crippen molar-refractivity contribution in [2.75, 3.05) is 33.2 Å². The molecule has 0 amide bonds. The monoisotopic (exact) mass is 482 g/mol. The van der Waals surface area contributed by atoms with Crippen LogP contribution < -0.4 is 20.8 Å².